The van der Waals surface area contributed by atoms with Crippen molar-refractivity contribution in [3.63, 3.8) is 0 Å². The lowest BCUT2D eigenvalue weighted by atomic mass is 10.1. The van der Waals surface area contributed by atoms with Gasteiger partial charge in [0.25, 0.3) is 5.91 Å². The van der Waals surface area contributed by atoms with Crippen LogP contribution in [0.15, 0.2) is 43.0 Å². The Morgan fingerprint density at radius 3 is 3.00 bits per heavy atom. The Morgan fingerprint density at radius 2 is 2.12 bits per heavy atom. The molecule has 0 unspecified atom stereocenters. The van der Waals surface area contributed by atoms with E-state index in [1.807, 2.05) is 16.7 Å². The van der Waals surface area contributed by atoms with E-state index in [1.165, 1.54) is 17.5 Å². The summed E-state index contributed by atoms with van der Waals surface area (Å²) in [6, 6.07) is 6.13. The summed E-state index contributed by atoms with van der Waals surface area (Å²) in [4.78, 5) is 21.0. The molecule has 0 saturated carbocycles. The summed E-state index contributed by atoms with van der Waals surface area (Å²) in [6.07, 6.45) is 10.4. The van der Waals surface area contributed by atoms with E-state index in [9.17, 15) is 4.79 Å². The summed E-state index contributed by atoms with van der Waals surface area (Å²) in [7, 11) is 0. The molecule has 134 valence electrons. The quantitative estimate of drug-likeness (QED) is 0.768. The lowest BCUT2D eigenvalue weighted by molar-refractivity contribution is -0.134. The van der Waals surface area contributed by atoms with Gasteiger partial charge in [0.15, 0.2) is 11.2 Å². The van der Waals surface area contributed by atoms with E-state index in [1.54, 1.807) is 32.4 Å². The number of fused-ring (bicyclic) bond motifs is 2. The number of hydrogen-bond acceptors (Lipinski definition) is 4. The van der Waals surface area contributed by atoms with Crippen molar-refractivity contribution in [2.24, 2.45) is 0 Å². The third-order valence-electron chi connectivity index (χ3n) is 4.81. The second-order valence-electron chi connectivity index (χ2n) is 7.13. The molecule has 0 saturated heterocycles. The number of imidazole rings is 1. The maximum atomic E-state index is 12.7. The van der Waals surface area contributed by atoms with Crippen LogP contribution in [0.1, 0.15) is 37.1 Å². The van der Waals surface area contributed by atoms with Crippen LogP contribution >= 0.6 is 0 Å². The van der Waals surface area contributed by atoms with Gasteiger partial charge in [0.05, 0.1) is 24.6 Å². The molecule has 1 N–H and O–H groups in total. The van der Waals surface area contributed by atoms with Gasteiger partial charge in [0.1, 0.15) is 5.75 Å². The van der Waals surface area contributed by atoms with E-state index in [0.717, 1.165) is 29.9 Å². The van der Waals surface area contributed by atoms with Gasteiger partial charge in [-0.05, 0) is 56.4 Å². The van der Waals surface area contributed by atoms with E-state index in [-0.39, 0.29) is 5.91 Å². The fourth-order valence-corrected chi connectivity index (χ4v) is 3.36. The zero-order chi connectivity index (χ0) is 18.1. The molecule has 0 aliphatic heterocycles. The Hall–Kier alpha value is -2.89. The molecule has 1 aliphatic rings. The highest BCUT2D eigenvalue weighted by Crippen LogP contribution is 2.28. The Balaban J connectivity index is 1.43. The minimum absolute atomic E-state index is 0.165. The lowest BCUT2D eigenvalue weighted by Gasteiger charge is -2.25. The van der Waals surface area contributed by atoms with Crippen LogP contribution in [0.4, 0.5) is 0 Å². The first kappa shape index (κ1) is 16.6. The van der Waals surface area contributed by atoms with Gasteiger partial charge in [0.2, 0.25) is 0 Å². The van der Waals surface area contributed by atoms with Crippen molar-refractivity contribution in [1.29, 1.82) is 0 Å². The summed E-state index contributed by atoms with van der Waals surface area (Å²) >= 11 is 0. The number of aromatic nitrogens is 3. The third kappa shape index (κ3) is 3.14. The molecule has 6 nitrogen and oxygen atoms in total. The van der Waals surface area contributed by atoms with Crippen molar-refractivity contribution < 1.29 is 9.53 Å². The van der Waals surface area contributed by atoms with Crippen molar-refractivity contribution in [3.05, 3.63) is 59.8 Å². The molecule has 0 atom stereocenters. The number of carbonyl (C=O) groups excluding carboxylic acids is 1. The van der Waals surface area contributed by atoms with Crippen LogP contribution in [-0.4, -0.2) is 25.9 Å². The van der Waals surface area contributed by atoms with Crippen molar-refractivity contribution in [2.45, 2.75) is 45.3 Å². The number of benzene rings is 1. The van der Waals surface area contributed by atoms with Gasteiger partial charge < -0.3 is 10.1 Å². The number of nitrogens with zero attached hydrogens (tertiary/aromatic N) is 3. The molecule has 0 fully saturated rings. The standard InChI is InChI=1S/C20H22N4O2/c1-20(2,26-17-7-6-14-4-3-5-15(14)10-17)19(25)23-12-16-11-22-18-13-21-8-9-24(16)18/h6-11,13H,3-5,12H2,1-2H3,(H,23,25). The van der Waals surface area contributed by atoms with Crippen molar-refractivity contribution >= 4 is 11.6 Å². The van der Waals surface area contributed by atoms with Gasteiger partial charge in [-0.2, -0.15) is 0 Å². The van der Waals surface area contributed by atoms with Crippen LogP contribution in [0.3, 0.4) is 0 Å². The lowest BCUT2D eigenvalue weighted by Crippen LogP contribution is -2.46. The van der Waals surface area contributed by atoms with Crippen LogP contribution in [-0.2, 0) is 24.2 Å². The number of hydrogen-bond donors (Lipinski definition) is 1. The van der Waals surface area contributed by atoms with E-state index in [4.69, 9.17) is 4.74 Å². The molecular formula is C20H22N4O2. The summed E-state index contributed by atoms with van der Waals surface area (Å²) < 4.78 is 7.91. The zero-order valence-corrected chi connectivity index (χ0v) is 15.0. The number of carbonyl (C=O) groups is 1. The van der Waals surface area contributed by atoms with Crippen molar-refractivity contribution in [2.75, 3.05) is 0 Å². The third-order valence-corrected chi connectivity index (χ3v) is 4.81. The maximum Gasteiger partial charge on any atom is 0.263 e. The number of nitrogens with one attached hydrogen (secondary N) is 1. The SMILES string of the molecule is CC(C)(Oc1ccc2c(c1)CCC2)C(=O)NCc1cnc2cnccn12. The zero-order valence-electron chi connectivity index (χ0n) is 15.0. The second-order valence-corrected chi connectivity index (χ2v) is 7.13. The fraction of sp³-hybridized carbons (Fsp3) is 0.350. The molecule has 4 rings (SSSR count). The molecule has 26 heavy (non-hydrogen) atoms. The van der Waals surface area contributed by atoms with Crippen LogP contribution in [0, 0.1) is 0 Å². The molecule has 0 bridgehead atoms. The maximum absolute atomic E-state index is 12.7. The summed E-state index contributed by atoms with van der Waals surface area (Å²) in [5.41, 5.74) is 3.41. The Kier molecular flexibility index (Phi) is 4.11. The molecule has 1 aliphatic carbocycles. The van der Waals surface area contributed by atoms with Gasteiger partial charge in [0, 0.05) is 12.4 Å². The topological polar surface area (TPSA) is 68.5 Å². The van der Waals surface area contributed by atoms with Crippen LogP contribution in [0.2, 0.25) is 0 Å². The number of amides is 1. The second kappa shape index (κ2) is 6.44. The average molecular weight is 350 g/mol. The summed E-state index contributed by atoms with van der Waals surface area (Å²) in [6.45, 7) is 3.95. The summed E-state index contributed by atoms with van der Waals surface area (Å²) in [5.74, 6) is 0.577. The molecule has 3 aromatic rings. The Morgan fingerprint density at radius 1 is 1.27 bits per heavy atom. The van der Waals surface area contributed by atoms with Crippen LogP contribution in [0.25, 0.3) is 5.65 Å². The van der Waals surface area contributed by atoms with E-state index in [0.29, 0.717) is 6.54 Å². The predicted octanol–water partition coefficient (Wildman–Crippen LogP) is 2.69. The minimum Gasteiger partial charge on any atom is -0.478 e. The number of ether oxygens (including phenoxy) is 1. The smallest absolute Gasteiger partial charge is 0.263 e. The predicted molar refractivity (Wildman–Crippen MR) is 98.0 cm³/mol. The fourth-order valence-electron chi connectivity index (χ4n) is 3.36. The number of rotatable bonds is 5. The van der Waals surface area contributed by atoms with E-state index in [2.05, 4.69) is 27.4 Å². The van der Waals surface area contributed by atoms with Crippen molar-refractivity contribution in [1.82, 2.24) is 19.7 Å². The highest BCUT2D eigenvalue weighted by atomic mass is 16.5. The Bertz CT molecular complexity index is 961. The Labute approximate surface area is 152 Å². The minimum atomic E-state index is -0.963. The molecule has 2 aromatic heterocycles. The van der Waals surface area contributed by atoms with Gasteiger partial charge in [-0.3, -0.25) is 14.2 Å². The first-order valence-corrected chi connectivity index (χ1v) is 8.88. The van der Waals surface area contributed by atoms with Gasteiger partial charge in [-0.15, -0.1) is 0 Å². The normalized spacial score (nSPS) is 13.6. The van der Waals surface area contributed by atoms with Gasteiger partial charge in [-0.25, -0.2) is 4.98 Å². The van der Waals surface area contributed by atoms with Crippen LogP contribution < -0.4 is 10.1 Å². The van der Waals surface area contributed by atoms with E-state index >= 15 is 0 Å². The number of aryl methyl sites for hydroxylation is 2. The molecule has 0 radical (unpaired) electrons. The van der Waals surface area contributed by atoms with Gasteiger partial charge >= 0.3 is 0 Å². The molecule has 6 heteroatoms. The first-order chi connectivity index (χ1) is 12.5. The molecule has 0 spiro atoms. The first-order valence-electron chi connectivity index (χ1n) is 8.88. The van der Waals surface area contributed by atoms with Crippen LogP contribution in [0.5, 0.6) is 5.75 Å². The molecule has 1 amide bonds. The summed E-state index contributed by atoms with van der Waals surface area (Å²) in [5, 5.41) is 2.94. The largest absolute Gasteiger partial charge is 0.478 e. The molecule has 1 aromatic carbocycles. The van der Waals surface area contributed by atoms with Gasteiger partial charge in [-0.1, -0.05) is 6.07 Å². The van der Waals surface area contributed by atoms with E-state index < -0.39 is 5.60 Å². The molecule has 2 heterocycles. The monoisotopic (exact) mass is 350 g/mol. The molecular weight excluding hydrogens is 328 g/mol. The van der Waals surface area contributed by atoms with Crippen molar-refractivity contribution in [3.8, 4) is 5.75 Å². The highest BCUT2D eigenvalue weighted by Gasteiger charge is 2.30. The average Bonchev–Trinajstić information content (AvgIpc) is 3.25. The highest BCUT2D eigenvalue weighted by molar-refractivity contribution is 5.84.